The summed E-state index contributed by atoms with van der Waals surface area (Å²) in [6.07, 6.45) is -0.732. The SMILES string of the molecule is COC(=O)c1ccc(F)cc1S(=O)(=O)N1CC(O)C1. The largest absolute Gasteiger partial charge is 0.465 e. The number of aliphatic hydroxyl groups excluding tert-OH is 1. The van der Waals surface area contributed by atoms with E-state index in [0.717, 1.165) is 29.6 Å². The highest BCUT2D eigenvalue weighted by Gasteiger charge is 2.38. The first kappa shape index (κ1) is 13.9. The lowest BCUT2D eigenvalue weighted by molar-refractivity contribution is 0.0543. The van der Waals surface area contributed by atoms with Crippen molar-refractivity contribution in [2.24, 2.45) is 0 Å². The Hall–Kier alpha value is -1.51. The van der Waals surface area contributed by atoms with Gasteiger partial charge in [-0.2, -0.15) is 4.31 Å². The molecule has 1 aliphatic heterocycles. The molecule has 2 rings (SSSR count). The smallest absolute Gasteiger partial charge is 0.339 e. The number of halogens is 1. The van der Waals surface area contributed by atoms with Crippen LogP contribution in [0.15, 0.2) is 23.1 Å². The van der Waals surface area contributed by atoms with E-state index in [9.17, 15) is 17.6 Å². The van der Waals surface area contributed by atoms with Crippen molar-refractivity contribution in [3.63, 3.8) is 0 Å². The minimum absolute atomic E-state index is 0.0700. The van der Waals surface area contributed by atoms with E-state index < -0.39 is 32.8 Å². The summed E-state index contributed by atoms with van der Waals surface area (Å²) >= 11 is 0. The first-order valence-electron chi connectivity index (χ1n) is 5.42. The van der Waals surface area contributed by atoms with Gasteiger partial charge in [0.15, 0.2) is 0 Å². The average molecular weight is 289 g/mol. The highest BCUT2D eigenvalue weighted by Crippen LogP contribution is 2.25. The van der Waals surface area contributed by atoms with E-state index in [1.54, 1.807) is 0 Å². The third-order valence-electron chi connectivity index (χ3n) is 2.80. The van der Waals surface area contributed by atoms with Crippen LogP contribution in [0, 0.1) is 5.82 Å². The summed E-state index contributed by atoms with van der Waals surface area (Å²) in [4.78, 5) is 11.1. The zero-order chi connectivity index (χ0) is 14.2. The summed E-state index contributed by atoms with van der Waals surface area (Å²) < 4.78 is 43.1. The standard InChI is InChI=1S/C11H12FNO5S/c1-18-11(15)9-3-2-7(12)4-10(9)19(16,17)13-5-8(14)6-13/h2-4,8,14H,5-6H2,1H3. The van der Waals surface area contributed by atoms with Gasteiger partial charge in [-0.3, -0.25) is 0 Å². The lowest BCUT2D eigenvalue weighted by Crippen LogP contribution is -2.53. The zero-order valence-corrected chi connectivity index (χ0v) is 10.9. The van der Waals surface area contributed by atoms with Gasteiger partial charge in [-0.05, 0) is 18.2 Å². The quantitative estimate of drug-likeness (QED) is 0.790. The highest BCUT2D eigenvalue weighted by molar-refractivity contribution is 7.89. The van der Waals surface area contributed by atoms with E-state index in [0.29, 0.717) is 0 Å². The molecule has 1 N–H and O–H groups in total. The van der Waals surface area contributed by atoms with Crippen LogP contribution in [0.25, 0.3) is 0 Å². The van der Waals surface area contributed by atoms with Gasteiger partial charge in [0.05, 0.1) is 23.7 Å². The van der Waals surface area contributed by atoms with Crippen molar-refractivity contribution in [2.45, 2.75) is 11.0 Å². The Morgan fingerprint density at radius 3 is 2.63 bits per heavy atom. The lowest BCUT2D eigenvalue weighted by atomic mass is 10.2. The molecule has 1 aromatic carbocycles. The molecule has 1 aromatic rings. The second-order valence-electron chi connectivity index (χ2n) is 4.11. The molecule has 0 amide bonds. The highest BCUT2D eigenvalue weighted by atomic mass is 32.2. The molecule has 0 unspecified atom stereocenters. The third-order valence-corrected chi connectivity index (χ3v) is 4.67. The molecule has 0 radical (unpaired) electrons. The zero-order valence-electron chi connectivity index (χ0n) is 10.0. The van der Waals surface area contributed by atoms with E-state index in [4.69, 9.17) is 5.11 Å². The number of carbonyl (C=O) groups is 1. The van der Waals surface area contributed by atoms with Crippen molar-refractivity contribution < 1.29 is 27.4 Å². The molecule has 1 heterocycles. The molecule has 1 saturated heterocycles. The number of hydrogen-bond acceptors (Lipinski definition) is 5. The second kappa shape index (κ2) is 4.87. The number of ether oxygens (including phenoxy) is 1. The molecule has 104 valence electrons. The lowest BCUT2D eigenvalue weighted by Gasteiger charge is -2.34. The number of β-amino-alcohol motifs (C(OH)–C–C–N with tert-alkyl or cyclic N) is 1. The van der Waals surface area contributed by atoms with Gasteiger partial charge in [-0.15, -0.1) is 0 Å². The first-order valence-corrected chi connectivity index (χ1v) is 6.86. The first-order chi connectivity index (χ1) is 8.86. The molecule has 0 spiro atoms. The van der Waals surface area contributed by atoms with E-state index in [-0.39, 0.29) is 18.7 Å². The molecule has 6 nitrogen and oxygen atoms in total. The van der Waals surface area contributed by atoms with Crippen molar-refractivity contribution in [3.05, 3.63) is 29.6 Å². The van der Waals surface area contributed by atoms with Crippen molar-refractivity contribution in [1.29, 1.82) is 0 Å². The molecule has 0 atom stereocenters. The number of esters is 1. The van der Waals surface area contributed by atoms with Gasteiger partial charge in [-0.1, -0.05) is 0 Å². The van der Waals surface area contributed by atoms with Crippen LogP contribution >= 0.6 is 0 Å². The predicted octanol–water partition coefficient (Wildman–Crippen LogP) is -0.0225. The fraction of sp³-hybridized carbons (Fsp3) is 0.364. The van der Waals surface area contributed by atoms with Gasteiger partial charge in [0.1, 0.15) is 5.82 Å². The maximum atomic E-state index is 13.2. The van der Waals surface area contributed by atoms with Crippen LogP contribution < -0.4 is 0 Å². The average Bonchev–Trinajstić information content (AvgIpc) is 2.34. The maximum absolute atomic E-state index is 13.2. The fourth-order valence-electron chi connectivity index (χ4n) is 1.74. The van der Waals surface area contributed by atoms with Crippen LogP contribution in [-0.4, -0.2) is 50.1 Å². The van der Waals surface area contributed by atoms with Gasteiger partial charge in [-0.25, -0.2) is 17.6 Å². The number of nitrogens with zero attached hydrogens (tertiary/aromatic N) is 1. The summed E-state index contributed by atoms with van der Waals surface area (Å²) in [5.41, 5.74) is -0.231. The van der Waals surface area contributed by atoms with Crippen molar-refractivity contribution in [2.75, 3.05) is 20.2 Å². The number of carbonyl (C=O) groups excluding carboxylic acids is 1. The second-order valence-corrected chi connectivity index (χ2v) is 6.01. The molecule has 8 heteroatoms. The van der Waals surface area contributed by atoms with Crippen LogP contribution in [0.3, 0.4) is 0 Å². The van der Waals surface area contributed by atoms with Gasteiger partial charge in [0, 0.05) is 13.1 Å². The Bertz CT molecular complexity index is 610. The number of hydrogen-bond donors (Lipinski definition) is 1. The Labute approximate surface area is 109 Å². The molecule has 1 fully saturated rings. The van der Waals surface area contributed by atoms with E-state index >= 15 is 0 Å². The Morgan fingerprint density at radius 2 is 2.11 bits per heavy atom. The maximum Gasteiger partial charge on any atom is 0.339 e. The summed E-state index contributed by atoms with van der Waals surface area (Å²) in [5.74, 6) is -1.63. The van der Waals surface area contributed by atoms with Gasteiger partial charge in [0.2, 0.25) is 10.0 Å². The molecule has 0 aliphatic carbocycles. The Kier molecular flexibility index (Phi) is 3.57. The minimum Gasteiger partial charge on any atom is -0.465 e. The van der Waals surface area contributed by atoms with Gasteiger partial charge in [0.25, 0.3) is 0 Å². The fourth-order valence-corrected chi connectivity index (χ4v) is 3.45. The van der Waals surface area contributed by atoms with Crippen LogP contribution in [0.5, 0.6) is 0 Å². The topological polar surface area (TPSA) is 83.9 Å². The van der Waals surface area contributed by atoms with Crippen LogP contribution in [0.2, 0.25) is 0 Å². The molecule has 19 heavy (non-hydrogen) atoms. The molecule has 0 bridgehead atoms. The van der Waals surface area contributed by atoms with Crippen molar-refractivity contribution in [1.82, 2.24) is 4.31 Å². The number of methoxy groups -OCH3 is 1. The van der Waals surface area contributed by atoms with Crippen molar-refractivity contribution in [3.8, 4) is 0 Å². The number of aliphatic hydroxyl groups is 1. The normalized spacial score (nSPS) is 17.0. The van der Waals surface area contributed by atoms with Gasteiger partial charge >= 0.3 is 5.97 Å². The monoisotopic (exact) mass is 289 g/mol. The van der Waals surface area contributed by atoms with Crippen LogP contribution in [0.1, 0.15) is 10.4 Å². The Morgan fingerprint density at radius 1 is 1.47 bits per heavy atom. The molecule has 1 aliphatic rings. The summed E-state index contributed by atoms with van der Waals surface area (Å²) in [7, 11) is -2.90. The predicted molar refractivity (Wildman–Crippen MR) is 62.5 cm³/mol. The summed E-state index contributed by atoms with van der Waals surface area (Å²) in [6.45, 7) is -0.140. The van der Waals surface area contributed by atoms with E-state index in [2.05, 4.69) is 4.74 Å². The minimum atomic E-state index is -4.01. The third kappa shape index (κ3) is 2.46. The summed E-state index contributed by atoms with van der Waals surface area (Å²) in [6, 6.07) is 2.81. The van der Waals surface area contributed by atoms with Crippen LogP contribution in [0.4, 0.5) is 4.39 Å². The molecule has 0 saturated carbocycles. The Balaban J connectivity index is 2.48. The summed E-state index contributed by atoms with van der Waals surface area (Å²) in [5, 5.41) is 9.14. The molecular weight excluding hydrogens is 277 g/mol. The van der Waals surface area contributed by atoms with E-state index in [1.807, 2.05) is 0 Å². The van der Waals surface area contributed by atoms with E-state index in [1.165, 1.54) is 0 Å². The molecular formula is C11H12FNO5S. The van der Waals surface area contributed by atoms with Crippen molar-refractivity contribution >= 4 is 16.0 Å². The number of rotatable bonds is 3. The number of sulfonamides is 1. The van der Waals surface area contributed by atoms with Crippen LogP contribution in [-0.2, 0) is 14.8 Å². The van der Waals surface area contributed by atoms with Gasteiger partial charge < -0.3 is 9.84 Å². The molecule has 0 aromatic heterocycles. The number of benzene rings is 1.